The van der Waals surface area contributed by atoms with Crippen LogP contribution in [0.2, 0.25) is 0 Å². The van der Waals surface area contributed by atoms with E-state index in [9.17, 15) is 4.79 Å². The highest BCUT2D eigenvalue weighted by Gasteiger charge is 2.25. The minimum Gasteiger partial charge on any atom is -0.390 e. The number of aryl methyl sites for hydroxylation is 3. The molecule has 1 aromatic carbocycles. The van der Waals surface area contributed by atoms with Crippen LogP contribution in [0.5, 0.6) is 0 Å². The molecule has 1 amide bonds. The van der Waals surface area contributed by atoms with Crippen molar-refractivity contribution in [3.63, 3.8) is 0 Å². The number of hydrogen-bond acceptors (Lipinski definition) is 3. The molecule has 0 saturated heterocycles. The van der Waals surface area contributed by atoms with E-state index in [1.165, 1.54) is 35.3 Å². The van der Waals surface area contributed by atoms with Gasteiger partial charge in [-0.3, -0.25) is 4.79 Å². The maximum absolute atomic E-state index is 12.8. The van der Waals surface area contributed by atoms with Crippen LogP contribution in [-0.4, -0.2) is 11.9 Å². The van der Waals surface area contributed by atoms with Gasteiger partial charge >= 0.3 is 0 Å². The summed E-state index contributed by atoms with van der Waals surface area (Å²) in [6.07, 6.45) is 4.56. The third kappa shape index (κ3) is 3.13. The second-order valence-corrected chi connectivity index (χ2v) is 7.78. The molecule has 3 rings (SSSR count). The molecule has 1 aliphatic rings. The Kier molecular flexibility index (Phi) is 4.44. The average molecular weight is 328 g/mol. The van der Waals surface area contributed by atoms with E-state index in [1.807, 2.05) is 6.92 Å². The van der Waals surface area contributed by atoms with Crippen LogP contribution in [0.25, 0.3) is 11.1 Å². The van der Waals surface area contributed by atoms with Gasteiger partial charge in [-0.1, -0.05) is 31.0 Å². The van der Waals surface area contributed by atoms with Crippen LogP contribution in [0.1, 0.15) is 52.0 Å². The molecule has 0 spiro atoms. The zero-order valence-electron chi connectivity index (χ0n) is 14.0. The summed E-state index contributed by atoms with van der Waals surface area (Å²) < 4.78 is 0. The third-order valence-corrected chi connectivity index (χ3v) is 5.76. The third-order valence-electron chi connectivity index (χ3n) is 4.82. The fourth-order valence-electron chi connectivity index (χ4n) is 3.36. The molecular formula is C19H24N2OS. The SMILES string of the molecule is Cc1ccc(-c2c(C)sc(N)c2C(=O)NC2CCCC2)cc1C. The lowest BCUT2D eigenvalue weighted by atomic mass is 9.97. The summed E-state index contributed by atoms with van der Waals surface area (Å²) in [5.74, 6) is -0.0213. The van der Waals surface area contributed by atoms with Gasteiger partial charge < -0.3 is 11.1 Å². The number of nitrogens with two attached hydrogens (primary N) is 1. The Bertz CT molecular complexity index is 742. The molecule has 0 radical (unpaired) electrons. The molecule has 3 N–H and O–H groups in total. The lowest BCUT2D eigenvalue weighted by molar-refractivity contribution is 0.0940. The summed E-state index contributed by atoms with van der Waals surface area (Å²) in [6.45, 7) is 6.24. The number of amides is 1. The Morgan fingerprint density at radius 2 is 1.87 bits per heavy atom. The molecule has 1 saturated carbocycles. The Labute approximate surface area is 141 Å². The van der Waals surface area contributed by atoms with Gasteiger partial charge in [0.05, 0.1) is 10.6 Å². The fraction of sp³-hybridized carbons (Fsp3) is 0.421. The molecule has 0 bridgehead atoms. The highest BCUT2D eigenvalue weighted by molar-refractivity contribution is 7.16. The predicted molar refractivity (Wildman–Crippen MR) is 98.1 cm³/mol. The monoisotopic (exact) mass is 328 g/mol. The van der Waals surface area contributed by atoms with Crippen molar-refractivity contribution in [2.24, 2.45) is 0 Å². The second kappa shape index (κ2) is 6.36. The lowest BCUT2D eigenvalue weighted by Crippen LogP contribution is -2.33. The van der Waals surface area contributed by atoms with Crippen molar-refractivity contribution in [1.29, 1.82) is 0 Å². The van der Waals surface area contributed by atoms with Gasteiger partial charge in [0.25, 0.3) is 5.91 Å². The number of benzene rings is 1. The van der Waals surface area contributed by atoms with Crippen molar-refractivity contribution in [2.45, 2.75) is 52.5 Å². The van der Waals surface area contributed by atoms with Gasteiger partial charge in [0, 0.05) is 16.5 Å². The van der Waals surface area contributed by atoms with Crippen LogP contribution in [-0.2, 0) is 0 Å². The zero-order valence-corrected chi connectivity index (χ0v) is 14.8. The normalized spacial score (nSPS) is 15.1. The Balaban J connectivity index is 1.99. The Morgan fingerprint density at radius 1 is 1.17 bits per heavy atom. The van der Waals surface area contributed by atoms with E-state index in [1.54, 1.807) is 0 Å². The van der Waals surface area contributed by atoms with Crippen molar-refractivity contribution in [2.75, 3.05) is 5.73 Å². The number of rotatable bonds is 3. The molecule has 1 aromatic heterocycles. The maximum Gasteiger partial charge on any atom is 0.255 e. The number of thiophene rings is 1. The summed E-state index contributed by atoms with van der Waals surface area (Å²) in [4.78, 5) is 13.9. The minimum absolute atomic E-state index is 0.0213. The second-order valence-electron chi connectivity index (χ2n) is 6.53. The molecule has 0 aliphatic heterocycles. The van der Waals surface area contributed by atoms with E-state index in [2.05, 4.69) is 37.4 Å². The molecule has 1 fully saturated rings. The number of nitrogen functional groups attached to an aromatic ring is 1. The first-order valence-corrected chi connectivity index (χ1v) is 9.06. The van der Waals surface area contributed by atoms with E-state index < -0.39 is 0 Å². The highest BCUT2D eigenvalue weighted by Crippen LogP contribution is 2.39. The van der Waals surface area contributed by atoms with E-state index in [0.29, 0.717) is 16.6 Å². The van der Waals surface area contributed by atoms with Crippen molar-refractivity contribution in [1.82, 2.24) is 5.32 Å². The summed E-state index contributed by atoms with van der Waals surface area (Å²) in [7, 11) is 0. The Hall–Kier alpha value is -1.81. The zero-order chi connectivity index (χ0) is 16.6. The Morgan fingerprint density at radius 3 is 2.52 bits per heavy atom. The topological polar surface area (TPSA) is 55.1 Å². The number of hydrogen-bond donors (Lipinski definition) is 2. The van der Waals surface area contributed by atoms with Gasteiger partial charge in [0.1, 0.15) is 0 Å². The summed E-state index contributed by atoms with van der Waals surface area (Å²) >= 11 is 1.50. The van der Waals surface area contributed by atoms with E-state index in [4.69, 9.17) is 5.73 Å². The highest BCUT2D eigenvalue weighted by atomic mass is 32.1. The van der Waals surface area contributed by atoms with Crippen LogP contribution >= 0.6 is 11.3 Å². The quantitative estimate of drug-likeness (QED) is 0.865. The van der Waals surface area contributed by atoms with Gasteiger partial charge in [0.15, 0.2) is 0 Å². The molecule has 122 valence electrons. The molecule has 4 heteroatoms. The van der Waals surface area contributed by atoms with Crippen LogP contribution in [0.15, 0.2) is 18.2 Å². The average Bonchev–Trinajstić information content (AvgIpc) is 3.09. The fourth-order valence-corrected chi connectivity index (χ4v) is 4.31. The first kappa shape index (κ1) is 16.1. The van der Waals surface area contributed by atoms with E-state index in [0.717, 1.165) is 28.8 Å². The molecule has 1 aliphatic carbocycles. The van der Waals surface area contributed by atoms with Gasteiger partial charge in [-0.05, 0) is 50.3 Å². The van der Waals surface area contributed by atoms with Gasteiger partial charge in [-0.2, -0.15) is 0 Å². The summed E-state index contributed by atoms with van der Waals surface area (Å²) in [6, 6.07) is 6.64. The van der Waals surface area contributed by atoms with Crippen molar-refractivity contribution in [3.8, 4) is 11.1 Å². The summed E-state index contributed by atoms with van der Waals surface area (Å²) in [5, 5.41) is 3.79. The number of nitrogens with one attached hydrogen (secondary N) is 1. The number of carbonyl (C=O) groups is 1. The first-order chi connectivity index (χ1) is 11.0. The van der Waals surface area contributed by atoms with E-state index in [-0.39, 0.29) is 5.91 Å². The van der Waals surface area contributed by atoms with Gasteiger partial charge in [0.2, 0.25) is 0 Å². The van der Waals surface area contributed by atoms with Gasteiger partial charge in [-0.15, -0.1) is 11.3 Å². The molecule has 3 nitrogen and oxygen atoms in total. The predicted octanol–water partition coefficient (Wildman–Crippen LogP) is 4.59. The van der Waals surface area contributed by atoms with Crippen molar-refractivity contribution >= 4 is 22.2 Å². The molecule has 0 unspecified atom stereocenters. The van der Waals surface area contributed by atoms with Crippen LogP contribution in [0, 0.1) is 20.8 Å². The molecule has 23 heavy (non-hydrogen) atoms. The standard InChI is InChI=1S/C19H24N2OS/c1-11-8-9-14(10-12(11)2)16-13(3)23-18(20)17(16)19(22)21-15-6-4-5-7-15/h8-10,15H,4-7,20H2,1-3H3,(H,21,22). The number of carbonyl (C=O) groups excluding carboxylic acids is 1. The molecule has 2 aromatic rings. The smallest absolute Gasteiger partial charge is 0.255 e. The minimum atomic E-state index is -0.0213. The largest absolute Gasteiger partial charge is 0.390 e. The van der Waals surface area contributed by atoms with Crippen LogP contribution in [0.3, 0.4) is 0 Å². The van der Waals surface area contributed by atoms with Gasteiger partial charge in [-0.25, -0.2) is 0 Å². The summed E-state index contributed by atoms with van der Waals surface area (Å²) in [5.41, 5.74) is 11.4. The number of anilines is 1. The first-order valence-electron chi connectivity index (χ1n) is 8.24. The molecule has 0 atom stereocenters. The lowest BCUT2D eigenvalue weighted by Gasteiger charge is -2.14. The van der Waals surface area contributed by atoms with Crippen LogP contribution in [0.4, 0.5) is 5.00 Å². The van der Waals surface area contributed by atoms with Crippen molar-refractivity contribution in [3.05, 3.63) is 39.8 Å². The van der Waals surface area contributed by atoms with Crippen LogP contribution < -0.4 is 11.1 Å². The maximum atomic E-state index is 12.8. The molecule has 1 heterocycles. The van der Waals surface area contributed by atoms with E-state index >= 15 is 0 Å². The van der Waals surface area contributed by atoms with Crippen molar-refractivity contribution < 1.29 is 4.79 Å². The molecular weight excluding hydrogens is 304 g/mol.